The first-order valence-corrected chi connectivity index (χ1v) is 7.08. The van der Waals surface area contributed by atoms with Crippen molar-refractivity contribution in [3.8, 4) is 0 Å². The Morgan fingerprint density at radius 2 is 2.28 bits per heavy atom. The zero-order valence-electron chi connectivity index (χ0n) is 10.5. The van der Waals surface area contributed by atoms with Crippen molar-refractivity contribution in [1.29, 1.82) is 0 Å². The molecule has 1 aromatic rings. The van der Waals surface area contributed by atoms with E-state index in [0.717, 1.165) is 25.3 Å². The third-order valence-corrected chi connectivity index (χ3v) is 4.45. The van der Waals surface area contributed by atoms with Gasteiger partial charge >= 0.3 is 0 Å². The van der Waals surface area contributed by atoms with Gasteiger partial charge in [0.05, 0.1) is 5.60 Å². The van der Waals surface area contributed by atoms with Crippen LogP contribution in [0.3, 0.4) is 0 Å². The first-order valence-electron chi connectivity index (χ1n) is 6.67. The summed E-state index contributed by atoms with van der Waals surface area (Å²) in [5.41, 5.74) is 5.84. The minimum Gasteiger partial charge on any atom is -0.387 e. The molecule has 1 aliphatic heterocycles. The van der Waals surface area contributed by atoms with Crippen LogP contribution in [0, 0.1) is 0 Å². The Balaban J connectivity index is 1.83. The minimum atomic E-state index is 0.112. The van der Waals surface area contributed by atoms with Crippen LogP contribution in [0.1, 0.15) is 50.4 Å². The number of hydrogen-bond donors (Lipinski definition) is 1. The molecule has 1 aliphatic carbocycles. The smallest absolute Gasteiger partial charge is 0.167 e. The van der Waals surface area contributed by atoms with E-state index in [2.05, 4.69) is 9.55 Å². The molecule has 2 aliphatic rings. The summed E-state index contributed by atoms with van der Waals surface area (Å²) in [4.78, 5) is 4.64. The van der Waals surface area contributed by atoms with Crippen molar-refractivity contribution >= 4 is 17.2 Å². The topological polar surface area (TPSA) is 53.1 Å². The van der Waals surface area contributed by atoms with Gasteiger partial charge in [-0.25, -0.2) is 4.98 Å². The number of nitrogens with zero attached hydrogens (tertiary/aromatic N) is 2. The average Bonchev–Trinajstić information content (AvgIpc) is 2.98. The second kappa shape index (κ2) is 4.63. The van der Waals surface area contributed by atoms with Crippen LogP contribution >= 0.6 is 12.2 Å². The van der Waals surface area contributed by atoms with Crippen LogP contribution in [0.15, 0.2) is 12.4 Å². The summed E-state index contributed by atoms with van der Waals surface area (Å²) in [7, 11) is 0. The highest BCUT2D eigenvalue weighted by Crippen LogP contribution is 2.43. The van der Waals surface area contributed by atoms with Gasteiger partial charge in [0.25, 0.3) is 0 Å². The molecule has 0 amide bonds. The van der Waals surface area contributed by atoms with Crippen LogP contribution in [-0.4, -0.2) is 26.7 Å². The van der Waals surface area contributed by atoms with E-state index >= 15 is 0 Å². The van der Waals surface area contributed by atoms with E-state index in [1.807, 2.05) is 6.20 Å². The summed E-state index contributed by atoms with van der Waals surface area (Å²) in [5, 5.41) is 0. The Morgan fingerprint density at radius 3 is 3.00 bits per heavy atom. The Morgan fingerprint density at radius 1 is 1.50 bits per heavy atom. The highest BCUT2D eigenvalue weighted by atomic mass is 32.1. The number of hydrogen-bond acceptors (Lipinski definition) is 3. The standard InChI is InChI=1S/C13H19N3OS/c14-11(18)12-15-6-7-16(12)10-3-8-17-13(9-10)4-1-2-5-13/h6-7,10H,1-5,8-9H2,(H2,14,18). The van der Waals surface area contributed by atoms with E-state index in [0.29, 0.717) is 11.0 Å². The van der Waals surface area contributed by atoms with Crippen molar-refractivity contribution in [2.45, 2.75) is 50.2 Å². The number of aromatic nitrogens is 2. The fourth-order valence-corrected chi connectivity index (χ4v) is 3.56. The van der Waals surface area contributed by atoms with Gasteiger partial charge in [0.1, 0.15) is 4.99 Å². The maximum absolute atomic E-state index is 6.06. The van der Waals surface area contributed by atoms with Crippen LogP contribution in [0.25, 0.3) is 0 Å². The Bertz CT molecular complexity index is 451. The molecule has 1 aromatic heterocycles. The average molecular weight is 265 g/mol. The lowest BCUT2D eigenvalue weighted by Crippen LogP contribution is -2.38. The molecule has 1 saturated heterocycles. The third-order valence-electron chi connectivity index (χ3n) is 4.26. The van der Waals surface area contributed by atoms with Crippen molar-refractivity contribution in [2.75, 3.05) is 6.61 Å². The van der Waals surface area contributed by atoms with Gasteiger partial charge in [0.2, 0.25) is 0 Å². The fourth-order valence-electron chi connectivity index (χ4n) is 3.41. The molecule has 0 radical (unpaired) electrons. The van der Waals surface area contributed by atoms with Gasteiger partial charge < -0.3 is 15.0 Å². The maximum atomic E-state index is 6.06. The molecule has 1 atom stereocenters. The van der Waals surface area contributed by atoms with Crippen molar-refractivity contribution < 1.29 is 4.74 Å². The Hall–Kier alpha value is -0.940. The number of imidazole rings is 1. The first-order chi connectivity index (χ1) is 8.70. The molecule has 98 valence electrons. The number of rotatable bonds is 2. The molecule has 0 aromatic carbocycles. The normalized spacial score (nSPS) is 26.6. The summed E-state index contributed by atoms with van der Waals surface area (Å²) in [6.07, 6.45) is 10.8. The predicted molar refractivity (Wildman–Crippen MR) is 73.5 cm³/mol. The lowest BCUT2D eigenvalue weighted by atomic mass is 9.89. The largest absolute Gasteiger partial charge is 0.387 e. The van der Waals surface area contributed by atoms with E-state index in [1.54, 1.807) is 6.20 Å². The molecule has 1 spiro atoms. The van der Waals surface area contributed by atoms with Crippen molar-refractivity contribution in [2.24, 2.45) is 5.73 Å². The molecular weight excluding hydrogens is 246 g/mol. The van der Waals surface area contributed by atoms with E-state index in [9.17, 15) is 0 Å². The maximum Gasteiger partial charge on any atom is 0.167 e. The lowest BCUT2D eigenvalue weighted by molar-refractivity contribution is -0.0895. The summed E-state index contributed by atoms with van der Waals surface area (Å²) < 4.78 is 8.20. The molecule has 0 bridgehead atoms. The van der Waals surface area contributed by atoms with Gasteiger partial charge in [-0.05, 0) is 25.7 Å². The summed E-state index contributed by atoms with van der Waals surface area (Å²) in [6, 6.07) is 0.427. The van der Waals surface area contributed by atoms with Gasteiger partial charge in [-0.2, -0.15) is 0 Å². The molecule has 5 heteroatoms. The van der Waals surface area contributed by atoms with Gasteiger partial charge in [0.15, 0.2) is 5.82 Å². The Labute approximate surface area is 113 Å². The highest BCUT2D eigenvalue weighted by molar-refractivity contribution is 7.80. The first kappa shape index (κ1) is 12.1. The monoisotopic (exact) mass is 265 g/mol. The van der Waals surface area contributed by atoms with Gasteiger partial charge in [0, 0.05) is 25.0 Å². The molecule has 2 heterocycles. The van der Waals surface area contributed by atoms with E-state index in [4.69, 9.17) is 22.7 Å². The SMILES string of the molecule is NC(=S)c1nccn1C1CCOC2(CCCC2)C1. The number of thiocarbonyl (C=S) groups is 1. The van der Waals surface area contributed by atoms with Crippen LogP contribution in [0.2, 0.25) is 0 Å². The van der Waals surface area contributed by atoms with Crippen LogP contribution in [0.4, 0.5) is 0 Å². The van der Waals surface area contributed by atoms with Crippen molar-refractivity contribution in [3.63, 3.8) is 0 Å². The van der Waals surface area contributed by atoms with Gasteiger partial charge in [-0.15, -0.1) is 0 Å². The molecule has 2 N–H and O–H groups in total. The van der Waals surface area contributed by atoms with Gasteiger partial charge in [-0.1, -0.05) is 25.1 Å². The third kappa shape index (κ3) is 2.06. The molecular formula is C13H19N3OS. The summed E-state index contributed by atoms with van der Waals surface area (Å²) in [6.45, 7) is 0.833. The molecule has 3 rings (SSSR count). The molecule has 18 heavy (non-hydrogen) atoms. The van der Waals surface area contributed by atoms with Crippen molar-refractivity contribution in [1.82, 2.24) is 9.55 Å². The highest BCUT2D eigenvalue weighted by Gasteiger charge is 2.40. The van der Waals surface area contributed by atoms with E-state index < -0.39 is 0 Å². The molecule has 2 fully saturated rings. The fraction of sp³-hybridized carbons (Fsp3) is 0.692. The number of nitrogens with two attached hydrogens (primary N) is 1. The quantitative estimate of drug-likeness (QED) is 0.833. The van der Waals surface area contributed by atoms with Gasteiger partial charge in [-0.3, -0.25) is 0 Å². The van der Waals surface area contributed by atoms with Crippen LogP contribution < -0.4 is 5.73 Å². The van der Waals surface area contributed by atoms with Crippen LogP contribution in [-0.2, 0) is 4.74 Å². The second-order valence-electron chi connectivity index (χ2n) is 5.41. The molecule has 4 nitrogen and oxygen atoms in total. The lowest BCUT2D eigenvalue weighted by Gasteiger charge is -2.39. The van der Waals surface area contributed by atoms with E-state index in [1.165, 1.54) is 25.7 Å². The molecule has 1 unspecified atom stereocenters. The zero-order chi connectivity index (χ0) is 12.6. The summed E-state index contributed by atoms with van der Waals surface area (Å²) in [5.74, 6) is 0.741. The van der Waals surface area contributed by atoms with Crippen molar-refractivity contribution in [3.05, 3.63) is 18.2 Å². The molecule has 1 saturated carbocycles. The minimum absolute atomic E-state index is 0.112. The van der Waals surface area contributed by atoms with Crippen LogP contribution in [0.5, 0.6) is 0 Å². The second-order valence-corrected chi connectivity index (χ2v) is 5.85. The number of ether oxygens (including phenoxy) is 1. The predicted octanol–water partition coefficient (Wildman–Crippen LogP) is 2.18. The zero-order valence-corrected chi connectivity index (χ0v) is 11.3. The Kier molecular flexibility index (Phi) is 3.11. The van der Waals surface area contributed by atoms with E-state index in [-0.39, 0.29) is 5.60 Å². The summed E-state index contributed by atoms with van der Waals surface area (Å²) >= 11 is 5.06.